The normalized spacial score (nSPS) is 15.2. The second-order valence-corrected chi connectivity index (χ2v) is 9.16. The van der Waals surface area contributed by atoms with E-state index in [0.29, 0.717) is 25.8 Å². The summed E-state index contributed by atoms with van der Waals surface area (Å²) >= 11 is 0. The van der Waals surface area contributed by atoms with Gasteiger partial charge in [0.1, 0.15) is 18.1 Å². The third-order valence-corrected chi connectivity index (χ3v) is 5.27. The van der Waals surface area contributed by atoms with E-state index in [-0.39, 0.29) is 37.7 Å². The summed E-state index contributed by atoms with van der Waals surface area (Å²) in [6, 6.07) is -4.59. The number of carboxylic acid groups (broad SMARTS) is 1. The fraction of sp³-hybridized carbons (Fsp3) is 0.773. The lowest BCUT2D eigenvalue weighted by Gasteiger charge is -2.27. The van der Waals surface area contributed by atoms with Crippen LogP contribution in [0, 0.1) is 5.92 Å². The van der Waals surface area contributed by atoms with Crippen molar-refractivity contribution in [1.29, 1.82) is 0 Å². The van der Waals surface area contributed by atoms with Crippen molar-refractivity contribution in [3.05, 3.63) is 0 Å². The van der Waals surface area contributed by atoms with Crippen LogP contribution in [0.2, 0.25) is 0 Å². The van der Waals surface area contributed by atoms with Gasteiger partial charge >= 0.3 is 5.97 Å². The molecule has 0 heterocycles. The van der Waals surface area contributed by atoms with Gasteiger partial charge < -0.3 is 49.1 Å². The number of carboxylic acids is 1. The molecule has 0 fully saturated rings. The number of aliphatic carboxylic acids is 1. The summed E-state index contributed by atoms with van der Waals surface area (Å²) in [6.45, 7) is 5.64. The van der Waals surface area contributed by atoms with Crippen molar-refractivity contribution in [2.75, 3.05) is 13.1 Å². The van der Waals surface area contributed by atoms with Crippen LogP contribution in [0.25, 0.3) is 0 Å². The molecule has 0 saturated carbocycles. The van der Waals surface area contributed by atoms with Crippen LogP contribution >= 0.6 is 0 Å². The number of unbranched alkanes of at least 4 members (excludes halogenated alkanes) is 1. The number of aliphatic imine (C=N–C) groups is 1. The van der Waals surface area contributed by atoms with E-state index >= 15 is 0 Å². The van der Waals surface area contributed by atoms with Gasteiger partial charge in [-0.2, -0.15) is 0 Å². The summed E-state index contributed by atoms with van der Waals surface area (Å²) in [5, 5.41) is 26.9. The summed E-state index contributed by atoms with van der Waals surface area (Å²) in [7, 11) is 0. The van der Waals surface area contributed by atoms with Crippen LogP contribution in [-0.4, -0.2) is 83.2 Å². The molecule has 0 aliphatic carbocycles. The smallest absolute Gasteiger partial charge is 0.326 e. The molecule has 14 heteroatoms. The van der Waals surface area contributed by atoms with E-state index in [1.165, 1.54) is 6.92 Å². The predicted octanol–water partition coefficient (Wildman–Crippen LogP) is -2.54. The molecule has 0 saturated heterocycles. The molecule has 13 N–H and O–H groups in total. The maximum absolute atomic E-state index is 13.0. The summed E-state index contributed by atoms with van der Waals surface area (Å²) in [4.78, 5) is 53.6. The Hall–Kier alpha value is -2.97. The highest BCUT2D eigenvalue weighted by Crippen LogP contribution is 2.08. The van der Waals surface area contributed by atoms with Crippen LogP contribution in [-0.2, 0) is 19.2 Å². The van der Waals surface area contributed by atoms with E-state index < -0.39 is 54.0 Å². The number of nitrogens with two attached hydrogens (primary N) is 4. The number of rotatable bonds is 18. The molecular formula is C22H44N8O6. The van der Waals surface area contributed by atoms with E-state index in [1.54, 1.807) is 0 Å². The maximum Gasteiger partial charge on any atom is 0.326 e. The average Bonchev–Trinajstić information content (AvgIpc) is 2.77. The molecule has 5 atom stereocenters. The number of aliphatic hydroxyl groups excluding tert-OH is 1. The monoisotopic (exact) mass is 516 g/mol. The van der Waals surface area contributed by atoms with Crippen molar-refractivity contribution in [3.8, 4) is 0 Å². The van der Waals surface area contributed by atoms with Crippen LogP contribution in [0.4, 0.5) is 0 Å². The summed E-state index contributed by atoms with van der Waals surface area (Å²) in [5.41, 5.74) is 21.8. The highest BCUT2D eigenvalue weighted by molar-refractivity contribution is 5.94. The number of hydrogen-bond donors (Lipinski definition) is 9. The highest BCUT2D eigenvalue weighted by atomic mass is 16.4. The van der Waals surface area contributed by atoms with E-state index in [1.807, 2.05) is 13.8 Å². The van der Waals surface area contributed by atoms with Crippen molar-refractivity contribution >= 4 is 29.7 Å². The molecule has 0 radical (unpaired) electrons. The van der Waals surface area contributed by atoms with Gasteiger partial charge in [-0.3, -0.25) is 19.4 Å². The summed E-state index contributed by atoms with van der Waals surface area (Å²) in [6.07, 6.45) is 0.975. The first-order chi connectivity index (χ1) is 16.8. The first-order valence-electron chi connectivity index (χ1n) is 12.1. The number of aliphatic hydroxyl groups is 1. The van der Waals surface area contributed by atoms with Gasteiger partial charge in [0, 0.05) is 6.54 Å². The van der Waals surface area contributed by atoms with Crippen molar-refractivity contribution in [3.63, 3.8) is 0 Å². The summed E-state index contributed by atoms with van der Waals surface area (Å²) < 4.78 is 0. The SMILES string of the molecule is CC(C)CC(NC(=O)C(N)CCCCN)C(=O)NC(C(=O)NC(CCCN=C(N)N)C(=O)O)C(C)O. The zero-order chi connectivity index (χ0) is 27.8. The Morgan fingerprint density at radius 2 is 1.47 bits per heavy atom. The van der Waals surface area contributed by atoms with Gasteiger partial charge in [-0.05, 0) is 51.5 Å². The minimum absolute atomic E-state index is 0.00921. The van der Waals surface area contributed by atoms with Gasteiger partial charge in [-0.1, -0.05) is 20.3 Å². The fourth-order valence-electron chi connectivity index (χ4n) is 3.30. The molecule has 0 aromatic carbocycles. The molecule has 3 amide bonds. The second kappa shape index (κ2) is 17.5. The van der Waals surface area contributed by atoms with Crippen LogP contribution in [0.5, 0.6) is 0 Å². The third-order valence-electron chi connectivity index (χ3n) is 5.27. The minimum Gasteiger partial charge on any atom is -0.480 e. The zero-order valence-electron chi connectivity index (χ0n) is 21.4. The summed E-state index contributed by atoms with van der Waals surface area (Å²) in [5.74, 6) is -3.53. The number of nitrogens with one attached hydrogen (secondary N) is 3. The Labute approximate surface area is 212 Å². The Balaban J connectivity index is 5.32. The zero-order valence-corrected chi connectivity index (χ0v) is 21.4. The molecule has 0 aliphatic heterocycles. The standard InChI is InChI=1S/C22H44N8O6/c1-12(2)11-16(29-18(32)14(24)7-4-5-9-23)19(33)30-17(13(3)31)20(34)28-15(21(35)36)8-6-10-27-22(25)26/h12-17,31H,4-11,23-24H2,1-3H3,(H,28,34)(H,29,32)(H,30,33)(H,35,36)(H4,25,26,27). The van der Waals surface area contributed by atoms with E-state index in [0.717, 1.165) is 0 Å². The van der Waals surface area contributed by atoms with Crippen LogP contribution in [0.15, 0.2) is 4.99 Å². The molecular weight excluding hydrogens is 472 g/mol. The van der Waals surface area contributed by atoms with E-state index in [4.69, 9.17) is 22.9 Å². The van der Waals surface area contributed by atoms with Gasteiger partial charge in [0.25, 0.3) is 0 Å². The average molecular weight is 517 g/mol. The van der Waals surface area contributed by atoms with Crippen LogP contribution < -0.4 is 38.9 Å². The molecule has 0 aromatic heterocycles. The number of nitrogens with zero attached hydrogens (tertiary/aromatic N) is 1. The van der Waals surface area contributed by atoms with Crippen molar-refractivity contribution in [2.24, 2.45) is 33.8 Å². The van der Waals surface area contributed by atoms with Gasteiger partial charge in [0.05, 0.1) is 12.1 Å². The molecule has 0 aliphatic rings. The van der Waals surface area contributed by atoms with Crippen molar-refractivity contribution in [2.45, 2.75) is 89.6 Å². The topological polar surface area (TPSA) is 261 Å². The lowest BCUT2D eigenvalue weighted by molar-refractivity contribution is -0.143. The molecule has 5 unspecified atom stereocenters. The predicted molar refractivity (Wildman–Crippen MR) is 135 cm³/mol. The Morgan fingerprint density at radius 1 is 0.861 bits per heavy atom. The van der Waals surface area contributed by atoms with Crippen LogP contribution in [0.1, 0.15) is 59.3 Å². The first-order valence-corrected chi connectivity index (χ1v) is 12.1. The maximum atomic E-state index is 13.0. The minimum atomic E-state index is -1.46. The van der Waals surface area contributed by atoms with E-state index in [9.17, 15) is 29.4 Å². The number of amides is 3. The second-order valence-electron chi connectivity index (χ2n) is 9.16. The lowest BCUT2D eigenvalue weighted by Crippen LogP contribution is -2.60. The largest absolute Gasteiger partial charge is 0.480 e. The van der Waals surface area contributed by atoms with Gasteiger partial charge in [0.15, 0.2) is 5.96 Å². The third kappa shape index (κ3) is 13.8. The van der Waals surface area contributed by atoms with Gasteiger partial charge in [-0.15, -0.1) is 0 Å². The van der Waals surface area contributed by atoms with Gasteiger partial charge in [-0.25, -0.2) is 4.79 Å². The first kappa shape index (κ1) is 33.0. The Morgan fingerprint density at radius 3 is 1.97 bits per heavy atom. The number of carbonyl (C=O) groups is 4. The number of hydrogen-bond acceptors (Lipinski definition) is 8. The molecule has 0 bridgehead atoms. The lowest BCUT2D eigenvalue weighted by atomic mass is 10.0. The fourth-order valence-corrected chi connectivity index (χ4v) is 3.30. The van der Waals surface area contributed by atoms with E-state index in [2.05, 4.69) is 20.9 Å². The number of carbonyl (C=O) groups excluding carboxylic acids is 3. The molecule has 14 nitrogen and oxygen atoms in total. The Kier molecular flexibility index (Phi) is 16.0. The highest BCUT2D eigenvalue weighted by Gasteiger charge is 2.32. The molecule has 36 heavy (non-hydrogen) atoms. The van der Waals surface area contributed by atoms with Crippen molar-refractivity contribution < 1.29 is 29.4 Å². The molecule has 0 spiro atoms. The number of guanidine groups is 1. The van der Waals surface area contributed by atoms with Crippen molar-refractivity contribution in [1.82, 2.24) is 16.0 Å². The molecule has 0 rings (SSSR count). The quantitative estimate of drug-likeness (QED) is 0.0523. The molecule has 208 valence electrons. The molecule has 0 aromatic rings. The van der Waals surface area contributed by atoms with Gasteiger partial charge in [0.2, 0.25) is 17.7 Å². The van der Waals surface area contributed by atoms with Crippen LogP contribution in [0.3, 0.4) is 0 Å². The Bertz CT molecular complexity index is 742.